The van der Waals surface area contributed by atoms with Crippen LogP contribution < -0.4 is 5.32 Å². The summed E-state index contributed by atoms with van der Waals surface area (Å²) >= 11 is 5.94. The zero-order chi connectivity index (χ0) is 9.54. The van der Waals surface area contributed by atoms with Gasteiger partial charge in [0.15, 0.2) is 0 Å². The smallest absolute Gasteiger partial charge is 0.0592 e. The Labute approximate surface area is 88.7 Å². The first-order valence-electron chi connectivity index (χ1n) is 5.19. The van der Waals surface area contributed by atoms with Crippen LogP contribution >= 0.6 is 11.6 Å². The molecule has 3 heterocycles. The van der Waals surface area contributed by atoms with E-state index in [1.807, 2.05) is 6.20 Å². The summed E-state index contributed by atoms with van der Waals surface area (Å²) in [5.74, 6) is 0.639. The van der Waals surface area contributed by atoms with E-state index in [9.17, 15) is 0 Å². The van der Waals surface area contributed by atoms with E-state index in [0.29, 0.717) is 12.0 Å². The van der Waals surface area contributed by atoms with Gasteiger partial charge >= 0.3 is 0 Å². The van der Waals surface area contributed by atoms with Crippen LogP contribution in [0.25, 0.3) is 0 Å². The number of pyridine rings is 1. The monoisotopic (exact) mass is 208 g/mol. The molecule has 1 aromatic rings. The Morgan fingerprint density at radius 3 is 2.93 bits per heavy atom. The van der Waals surface area contributed by atoms with E-state index in [1.165, 1.54) is 24.8 Å². The molecule has 74 valence electrons. The molecule has 2 aliphatic rings. The molecule has 0 radical (unpaired) electrons. The maximum Gasteiger partial charge on any atom is 0.0592 e. The maximum absolute atomic E-state index is 5.94. The van der Waals surface area contributed by atoms with E-state index in [-0.39, 0.29) is 0 Å². The van der Waals surface area contributed by atoms with Gasteiger partial charge in [0.25, 0.3) is 0 Å². The summed E-state index contributed by atoms with van der Waals surface area (Å²) in [6.45, 7) is 0. The molecule has 2 fully saturated rings. The third kappa shape index (κ3) is 1.33. The molecule has 0 unspecified atom stereocenters. The lowest BCUT2D eigenvalue weighted by Crippen LogP contribution is -2.21. The first-order valence-corrected chi connectivity index (χ1v) is 5.57. The van der Waals surface area contributed by atoms with Gasteiger partial charge in [-0.05, 0) is 30.9 Å². The molecule has 1 aromatic heterocycles. The predicted molar refractivity (Wildman–Crippen MR) is 56.6 cm³/mol. The summed E-state index contributed by atoms with van der Waals surface area (Å²) in [7, 11) is 0. The highest BCUT2D eigenvalue weighted by molar-refractivity contribution is 6.30. The van der Waals surface area contributed by atoms with E-state index in [2.05, 4.69) is 16.4 Å². The van der Waals surface area contributed by atoms with Crippen LogP contribution in [0.5, 0.6) is 0 Å². The van der Waals surface area contributed by atoms with Crippen LogP contribution in [0.3, 0.4) is 0 Å². The fourth-order valence-electron chi connectivity index (χ4n) is 2.82. The topological polar surface area (TPSA) is 24.9 Å². The molecule has 3 rings (SSSR count). The van der Waals surface area contributed by atoms with Gasteiger partial charge in [0.05, 0.1) is 5.02 Å². The maximum atomic E-state index is 5.94. The van der Waals surface area contributed by atoms with Crippen molar-refractivity contribution in [1.29, 1.82) is 0 Å². The lowest BCUT2D eigenvalue weighted by Gasteiger charge is -2.19. The van der Waals surface area contributed by atoms with Gasteiger partial charge in [0.2, 0.25) is 0 Å². The second-order valence-corrected chi connectivity index (χ2v) is 4.76. The average molecular weight is 209 g/mol. The summed E-state index contributed by atoms with van der Waals surface area (Å²) in [5, 5.41) is 4.38. The zero-order valence-electron chi connectivity index (χ0n) is 7.91. The van der Waals surface area contributed by atoms with E-state index >= 15 is 0 Å². The fourth-order valence-corrected chi connectivity index (χ4v) is 3.01. The van der Waals surface area contributed by atoms with E-state index in [1.54, 1.807) is 6.20 Å². The number of fused-ring (bicyclic) bond motifs is 2. The lowest BCUT2D eigenvalue weighted by molar-refractivity contribution is 0.505. The van der Waals surface area contributed by atoms with Crippen LogP contribution in [0.1, 0.15) is 30.7 Å². The van der Waals surface area contributed by atoms with E-state index < -0.39 is 0 Å². The summed E-state index contributed by atoms with van der Waals surface area (Å²) < 4.78 is 0. The predicted octanol–water partition coefficient (Wildman–Crippen LogP) is 2.34. The van der Waals surface area contributed by atoms with Crippen molar-refractivity contribution in [2.75, 3.05) is 0 Å². The van der Waals surface area contributed by atoms with Crippen molar-refractivity contribution >= 4 is 11.6 Å². The number of aromatic nitrogens is 1. The minimum absolute atomic E-state index is 0.639. The molecule has 0 aromatic carbocycles. The van der Waals surface area contributed by atoms with Crippen molar-refractivity contribution < 1.29 is 0 Å². The number of rotatable bonds is 1. The third-order valence-corrected chi connectivity index (χ3v) is 3.66. The quantitative estimate of drug-likeness (QED) is 0.767. The summed E-state index contributed by atoms with van der Waals surface area (Å²) in [6, 6.07) is 3.46. The molecule has 2 saturated heterocycles. The second kappa shape index (κ2) is 3.21. The molecule has 2 nitrogen and oxygen atoms in total. The summed E-state index contributed by atoms with van der Waals surface area (Å²) in [6.07, 6.45) is 7.56. The van der Waals surface area contributed by atoms with Crippen LogP contribution in [0.2, 0.25) is 5.02 Å². The molecular weight excluding hydrogens is 196 g/mol. The van der Waals surface area contributed by atoms with Crippen LogP contribution in [0.15, 0.2) is 18.5 Å². The Balaban J connectivity index is 1.89. The zero-order valence-corrected chi connectivity index (χ0v) is 8.67. The number of nitrogens with one attached hydrogen (secondary N) is 1. The molecule has 2 aliphatic heterocycles. The molecule has 0 amide bonds. The Kier molecular flexibility index (Phi) is 1.99. The fraction of sp³-hybridized carbons (Fsp3) is 0.545. The van der Waals surface area contributed by atoms with Crippen molar-refractivity contribution in [3.8, 4) is 0 Å². The minimum Gasteiger partial charge on any atom is -0.311 e. The van der Waals surface area contributed by atoms with Gasteiger partial charge in [-0.15, -0.1) is 0 Å². The number of halogens is 1. The summed E-state index contributed by atoms with van der Waals surface area (Å²) in [5.41, 5.74) is 1.30. The van der Waals surface area contributed by atoms with Gasteiger partial charge in [-0.1, -0.05) is 11.6 Å². The molecule has 3 heteroatoms. The molecule has 2 bridgehead atoms. The SMILES string of the molecule is Clc1cncc([C@H]2C[C@@H]3CC[C@H]2N3)c1. The van der Waals surface area contributed by atoms with Crippen molar-refractivity contribution in [3.63, 3.8) is 0 Å². The van der Waals surface area contributed by atoms with Gasteiger partial charge in [0, 0.05) is 30.4 Å². The Bertz CT molecular complexity index is 353. The molecular formula is C11H13ClN2. The van der Waals surface area contributed by atoms with E-state index in [0.717, 1.165) is 11.1 Å². The van der Waals surface area contributed by atoms with Crippen molar-refractivity contribution in [2.24, 2.45) is 0 Å². The number of nitrogens with zero attached hydrogens (tertiary/aromatic N) is 1. The number of hydrogen-bond donors (Lipinski definition) is 1. The molecule has 0 saturated carbocycles. The highest BCUT2D eigenvalue weighted by Crippen LogP contribution is 2.39. The molecule has 0 spiro atoms. The van der Waals surface area contributed by atoms with Crippen molar-refractivity contribution in [2.45, 2.75) is 37.3 Å². The normalized spacial score (nSPS) is 35.1. The molecule has 3 atom stereocenters. The number of hydrogen-bond acceptors (Lipinski definition) is 2. The van der Waals surface area contributed by atoms with Crippen LogP contribution in [0.4, 0.5) is 0 Å². The molecule has 14 heavy (non-hydrogen) atoms. The van der Waals surface area contributed by atoms with Gasteiger partial charge in [-0.2, -0.15) is 0 Å². The first-order chi connectivity index (χ1) is 6.83. The first kappa shape index (κ1) is 8.69. The van der Waals surface area contributed by atoms with Gasteiger partial charge in [-0.3, -0.25) is 4.98 Å². The highest BCUT2D eigenvalue weighted by atomic mass is 35.5. The van der Waals surface area contributed by atoms with Crippen LogP contribution in [-0.2, 0) is 0 Å². The van der Waals surface area contributed by atoms with Gasteiger partial charge in [0.1, 0.15) is 0 Å². The lowest BCUT2D eigenvalue weighted by atomic mass is 9.85. The highest BCUT2D eigenvalue weighted by Gasteiger charge is 2.39. The largest absolute Gasteiger partial charge is 0.311 e. The minimum atomic E-state index is 0.639. The van der Waals surface area contributed by atoms with Crippen molar-refractivity contribution in [1.82, 2.24) is 10.3 Å². The Hall–Kier alpha value is -0.600. The summed E-state index contributed by atoms with van der Waals surface area (Å²) in [4.78, 5) is 4.15. The Morgan fingerprint density at radius 1 is 1.36 bits per heavy atom. The molecule has 1 N–H and O–H groups in total. The average Bonchev–Trinajstić information content (AvgIpc) is 2.78. The van der Waals surface area contributed by atoms with Gasteiger partial charge in [-0.25, -0.2) is 0 Å². The molecule has 0 aliphatic carbocycles. The van der Waals surface area contributed by atoms with Crippen LogP contribution in [0, 0.1) is 0 Å². The standard InChI is InChI=1S/C11H13ClN2/c12-8-3-7(5-13-6-8)10-4-9-1-2-11(10)14-9/h3,5-6,9-11,14H,1-2,4H2/t9-,10+,11+/m0/s1. The van der Waals surface area contributed by atoms with E-state index in [4.69, 9.17) is 11.6 Å². The van der Waals surface area contributed by atoms with Crippen molar-refractivity contribution in [3.05, 3.63) is 29.0 Å². The van der Waals surface area contributed by atoms with Crippen LogP contribution in [-0.4, -0.2) is 17.1 Å². The second-order valence-electron chi connectivity index (χ2n) is 4.33. The van der Waals surface area contributed by atoms with Gasteiger partial charge < -0.3 is 5.32 Å². The third-order valence-electron chi connectivity index (χ3n) is 3.45. The Morgan fingerprint density at radius 2 is 2.29 bits per heavy atom.